The van der Waals surface area contributed by atoms with Crippen molar-refractivity contribution in [3.63, 3.8) is 0 Å². The first-order valence-corrected chi connectivity index (χ1v) is 7.72. The van der Waals surface area contributed by atoms with E-state index >= 15 is 0 Å². The molecule has 5 heteroatoms. The minimum atomic E-state index is -1.13. The Morgan fingerprint density at radius 3 is 2.65 bits per heavy atom. The summed E-state index contributed by atoms with van der Waals surface area (Å²) in [6.07, 6.45) is 6.19. The Kier molecular flexibility index (Phi) is 5.02. The van der Waals surface area contributed by atoms with Crippen LogP contribution in [0.3, 0.4) is 0 Å². The van der Waals surface area contributed by atoms with Crippen LogP contribution in [0, 0.1) is 11.7 Å². The molecule has 0 bridgehead atoms. The standard InChI is InChI=1S/C15H19BrFNO2/c1-18(9-10-5-3-2-4-6-10)12-8-7-11(15(19)20)13(16)14(12)17/h7-8,10H,2-6,9H2,1H3,(H,19,20). The average Bonchev–Trinajstić information content (AvgIpc) is 2.42. The number of hydrogen-bond acceptors (Lipinski definition) is 2. The molecule has 20 heavy (non-hydrogen) atoms. The second-order valence-corrected chi connectivity index (χ2v) is 6.24. The highest BCUT2D eigenvalue weighted by Gasteiger charge is 2.20. The van der Waals surface area contributed by atoms with Gasteiger partial charge in [0.05, 0.1) is 15.7 Å². The molecule has 0 heterocycles. The van der Waals surface area contributed by atoms with Gasteiger partial charge in [-0.3, -0.25) is 0 Å². The van der Waals surface area contributed by atoms with Crippen LogP contribution >= 0.6 is 15.9 Å². The van der Waals surface area contributed by atoms with Crippen molar-refractivity contribution in [2.24, 2.45) is 5.92 Å². The van der Waals surface area contributed by atoms with Crippen molar-refractivity contribution in [2.75, 3.05) is 18.5 Å². The van der Waals surface area contributed by atoms with Gasteiger partial charge in [0.15, 0.2) is 5.82 Å². The zero-order chi connectivity index (χ0) is 14.7. The van der Waals surface area contributed by atoms with E-state index in [9.17, 15) is 9.18 Å². The third-order valence-electron chi connectivity index (χ3n) is 3.96. The lowest BCUT2D eigenvalue weighted by molar-refractivity contribution is 0.0695. The van der Waals surface area contributed by atoms with Gasteiger partial charge in [0.1, 0.15) is 0 Å². The molecule has 1 aromatic rings. The van der Waals surface area contributed by atoms with E-state index in [2.05, 4.69) is 15.9 Å². The molecule has 0 saturated heterocycles. The van der Waals surface area contributed by atoms with Gasteiger partial charge in [-0.2, -0.15) is 0 Å². The largest absolute Gasteiger partial charge is 0.478 e. The van der Waals surface area contributed by atoms with Gasteiger partial charge < -0.3 is 10.0 Å². The molecule has 110 valence electrons. The quantitative estimate of drug-likeness (QED) is 0.885. The van der Waals surface area contributed by atoms with Crippen LogP contribution < -0.4 is 4.90 Å². The van der Waals surface area contributed by atoms with E-state index in [-0.39, 0.29) is 10.0 Å². The van der Waals surface area contributed by atoms with Crippen LogP contribution in [0.15, 0.2) is 16.6 Å². The summed E-state index contributed by atoms with van der Waals surface area (Å²) in [5, 5.41) is 8.97. The van der Waals surface area contributed by atoms with Gasteiger partial charge >= 0.3 is 5.97 Å². The van der Waals surface area contributed by atoms with Crippen molar-refractivity contribution in [3.8, 4) is 0 Å². The molecule has 1 aliphatic rings. The summed E-state index contributed by atoms with van der Waals surface area (Å²) >= 11 is 3.04. The lowest BCUT2D eigenvalue weighted by Crippen LogP contribution is -2.27. The van der Waals surface area contributed by atoms with Gasteiger partial charge in [-0.15, -0.1) is 0 Å². The van der Waals surface area contributed by atoms with Gasteiger partial charge in [-0.1, -0.05) is 19.3 Å². The molecule has 1 N–H and O–H groups in total. The second-order valence-electron chi connectivity index (χ2n) is 5.45. The van der Waals surface area contributed by atoms with Gasteiger partial charge in [0.25, 0.3) is 0 Å². The van der Waals surface area contributed by atoms with Crippen molar-refractivity contribution in [1.82, 2.24) is 0 Å². The maximum atomic E-state index is 14.3. The summed E-state index contributed by atoms with van der Waals surface area (Å²) in [5.74, 6) is -1.02. The van der Waals surface area contributed by atoms with E-state index in [1.807, 2.05) is 11.9 Å². The van der Waals surface area contributed by atoms with Crippen molar-refractivity contribution in [3.05, 3.63) is 28.0 Å². The Labute approximate surface area is 126 Å². The predicted molar refractivity (Wildman–Crippen MR) is 80.9 cm³/mol. The highest BCUT2D eigenvalue weighted by atomic mass is 79.9. The molecule has 1 fully saturated rings. The number of carboxylic acid groups (broad SMARTS) is 1. The van der Waals surface area contributed by atoms with Crippen LogP contribution in [0.2, 0.25) is 0 Å². The maximum absolute atomic E-state index is 14.3. The number of rotatable bonds is 4. The van der Waals surface area contributed by atoms with E-state index in [0.717, 1.165) is 6.54 Å². The van der Waals surface area contributed by atoms with E-state index in [1.165, 1.54) is 38.2 Å². The fourth-order valence-electron chi connectivity index (χ4n) is 2.85. The van der Waals surface area contributed by atoms with E-state index < -0.39 is 11.8 Å². The number of hydrogen-bond donors (Lipinski definition) is 1. The number of carboxylic acids is 1. The molecule has 0 aromatic heterocycles. The van der Waals surface area contributed by atoms with Crippen molar-refractivity contribution >= 4 is 27.6 Å². The van der Waals surface area contributed by atoms with Crippen molar-refractivity contribution in [2.45, 2.75) is 32.1 Å². The number of nitrogens with zero attached hydrogens (tertiary/aromatic N) is 1. The fraction of sp³-hybridized carbons (Fsp3) is 0.533. The number of halogens is 2. The number of carbonyl (C=O) groups is 1. The molecule has 0 spiro atoms. The third kappa shape index (κ3) is 3.32. The summed E-state index contributed by atoms with van der Waals surface area (Å²) < 4.78 is 14.3. The molecule has 0 atom stereocenters. The summed E-state index contributed by atoms with van der Waals surface area (Å²) in [6, 6.07) is 2.99. The monoisotopic (exact) mass is 343 g/mol. The minimum Gasteiger partial charge on any atom is -0.478 e. The highest BCUT2D eigenvalue weighted by molar-refractivity contribution is 9.10. The fourth-order valence-corrected chi connectivity index (χ4v) is 3.36. The van der Waals surface area contributed by atoms with Crippen LogP contribution in [0.25, 0.3) is 0 Å². The Hall–Kier alpha value is -1.10. The molecule has 2 rings (SSSR count). The minimum absolute atomic E-state index is 0.0259. The lowest BCUT2D eigenvalue weighted by Gasteiger charge is -2.28. The molecule has 1 aliphatic carbocycles. The Morgan fingerprint density at radius 2 is 2.05 bits per heavy atom. The Morgan fingerprint density at radius 1 is 1.40 bits per heavy atom. The Balaban J connectivity index is 2.15. The lowest BCUT2D eigenvalue weighted by atomic mass is 9.89. The topological polar surface area (TPSA) is 40.5 Å². The first kappa shape index (κ1) is 15.3. The summed E-state index contributed by atoms with van der Waals surface area (Å²) in [5.41, 5.74) is 0.407. The molecule has 0 amide bonds. The van der Waals surface area contributed by atoms with Crippen molar-refractivity contribution in [1.29, 1.82) is 0 Å². The molecule has 1 aromatic carbocycles. The number of anilines is 1. The van der Waals surface area contributed by atoms with Crippen LogP contribution in [-0.4, -0.2) is 24.7 Å². The highest BCUT2D eigenvalue weighted by Crippen LogP contribution is 2.31. The van der Waals surface area contributed by atoms with Crippen molar-refractivity contribution < 1.29 is 14.3 Å². The summed E-state index contributed by atoms with van der Waals surface area (Å²) in [7, 11) is 1.86. The second kappa shape index (κ2) is 6.57. The molecule has 0 aliphatic heterocycles. The molecule has 3 nitrogen and oxygen atoms in total. The first-order valence-electron chi connectivity index (χ1n) is 6.93. The normalized spacial score (nSPS) is 16.1. The smallest absolute Gasteiger partial charge is 0.336 e. The molecular weight excluding hydrogens is 325 g/mol. The molecular formula is C15H19BrFNO2. The average molecular weight is 344 g/mol. The zero-order valence-corrected chi connectivity index (χ0v) is 13.1. The summed E-state index contributed by atoms with van der Waals surface area (Å²) in [4.78, 5) is 12.9. The summed E-state index contributed by atoms with van der Waals surface area (Å²) in [6.45, 7) is 0.815. The maximum Gasteiger partial charge on any atom is 0.336 e. The van der Waals surface area contributed by atoms with E-state index in [0.29, 0.717) is 11.6 Å². The first-order chi connectivity index (χ1) is 9.50. The van der Waals surface area contributed by atoms with Gasteiger partial charge in [-0.25, -0.2) is 9.18 Å². The Bertz CT molecular complexity index is 501. The van der Waals surface area contributed by atoms with E-state index in [4.69, 9.17) is 5.11 Å². The van der Waals surface area contributed by atoms with Crippen LogP contribution in [0.1, 0.15) is 42.5 Å². The van der Waals surface area contributed by atoms with Gasteiger partial charge in [0.2, 0.25) is 0 Å². The number of aromatic carboxylic acids is 1. The molecule has 0 radical (unpaired) electrons. The van der Waals surface area contributed by atoms with Gasteiger partial charge in [0, 0.05) is 13.6 Å². The SMILES string of the molecule is CN(CC1CCCCC1)c1ccc(C(=O)O)c(Br)c1F. The zero-order valence-electron chi connectivity index (χ0n) is 11.5. The molecule has 0 unspecified atom stereocenters. The third-order valence-corrected chi connectivity index (χ3v) is 4.74. The molecule has 1 saturated carbocycles. The number of benzene rings is 1. The van der Waals surface area contributed by atoms with E-state index in [1.54, 1.807) is 6.07 Å². The van der Waals surface area contributed by atoms with Crippen LogP contribution in [0.5, 0.6) is 0 Å². The van der Waals surface area contributed by atoms with Crippen LogP contribution in [0.4, 0.5) is 10.1 Å². The van der Waals surface area contributed by atoms with Gasteiger partial charge in [-0.05, 0) is 46.8 Å². The predicted octanol–water partition coefficient (Wildman–Crippen LogP) is 4.30. The van der Waals surface area contributed by atoms with Crippen LogP contribution in [-0.2, 0) is 0 Å².